The molecule has 2 heteroatoms. The first-order valence-corrected chi connectivity index (χ1v) is 23.7. The summed E-state index contributed by atoms with van der Waals surface area (Å²) in [6.45, 7) is 0. The highest BCUT2D eigenvalue weighted by Gasteiger charge is 2.47. The number of rotatable bonds is 9. The molecule has 1 aromatic heterocycles. The second-order valence-corrected chi connectivity index (χ2v) is 18.0. The lowest BCUT2D eigenvalue weighted by Crippen LogP contribution is -2.29. The van der Waals surface area contributed by atoms with E-state index in [2.05, 4.69) is 266 Å². The van der Waals surface area contributed by atoms with Gasteiger partial charge in [-0.1, -0.05) is 224 Å². The van der Waals surface area contributed by atoms with Gasteiger partial charge in [-0.2, -0.15) is 0 Å². The van der Waals surface area contributed by atoms with Crippen LogP contribution in [0.3, 0.4) is 0 Å². The fourth-order valence-corrected chi connectivity index (χ4v) is 11.1. The minimum absolute atomic E-state index is 0.575. The molecule has 0 bridgehead atoms. The van der Waals surface area contributed by atoms with Crippen LogP contribution in [-0.4, -0.2) is 0 Å². The number of hydrogen-bond donors (Lipinski definition) is 0. The lowest BCUT2D eigenvalue weighted by Gasteiger charge is -2.35. The standard InChI is InChI=1S/C67H45NO/c1-4-17-46(18-5-1)48-33-39-54(40-34-48)68(56-43-37-50(38-44-56)58-28-16-30-62-60-26-11-13-32-64(60)69-66(58)62)55-41-35-49(36-42-55)57-27-15-29-61-59-25-10-12-31-63(59)67(65(57)61,52-22-8-3-9-23-52)53-24-14-21-51(45-53)47-19-6-2-7-20-47/h1-45H. The number of para-hydroxylation sites is 2. The molecule has 1 atom stereocenters. The molecular formula is C67H45NO. The van der Waals surface area contributed by atoms with Crippen molar-refractivity contribution in [2.45, 2.75) is 5.41 Å². The zero-order valence-corrected chi connectivity index (χ0v) is 37.8. The van der Waals surface area contributed by atoms with Crippen molar-refractivity contribution in [2.75, 3.05) is 4.90 Å². The van der Waals surface area contributed by atoms with E-state index >= 15 is 0 Å². The predicted octanol–water partition coefficient (Wildman–Crippen LogP) is 18.1. The smallest absolute Gasteiger partial charge is 0.143 e. The van der Waals surface area contributed by atoms with Crippen LogP contribution in [0.4, 0.5) is 17.1 Å². The van der Waals surface area contributed by atoms with Gasteiger partial charge in [-0.15, -0.1) is 0 Å². The van der Waals surface area contributed by atoms with Crippen LogP contribution in [0.5, 0.6) is 0 Å². The molecule has 13 rings (SSSR count). The van der Waals surface area contributed by atoms with Gasteiger partial charge < -0.3 is 9.32 Å². The molecule has 0 radical (unpaired) electrons. The van der Waals surface area contributed by atoms with Crippen LogP contribution in [0.1, 0.15) is 22.3 Å². The average Bonchev–Trinajstić information content (AvgIpc) is 3.97. The SMILES string of the molecule is c1ccc(-c2ccc(N(c3ccc(-c4cccc5c4C(c4ccccc4)(c4cccc(-c6ccccc6)c4)c4ccccc4-5)cc3)c3ccc(-c4cccc5c4oc4ccccc45)cc3)cc2)cc1. The highest BCUT2D eigenvalue weighted by molar-refractivity contribution is 6.09. The van der Waals surface area contributed by atoms with Gasteiger partial charge in [0.15, 0.2) is 0 Å². The van der Waals surface area contributed by atoms with Gasteiger partial charge in [0.25, 0.3) is 0 Å². The van der Waals surface area contributed by atoms with E-state index in [4.69, 9.17) is 4.42 Å². The summed E-state index contributed by atoms with van der Waals surface area (Å²) in [6, 6.07) is 99.3. The normalized spacial score (nSPS) is 13.9. The molecule has 1 aliphatic rings. The molecule has 324 valence electrons. The Morgan fingerprint density at radius 1 is 0.290 bits per heavy atom. The van der Waals surface area contributed by atoms with E-state index in [1.54, 1.807) is 0 Å². The minimum atomic E-state index is -0.575. The molecule has 1 unspecified atom stereocenters. The maximum absolute atomic E-state index is 6.47. The largest absolute Gasteiger partial charge is 0.455 e. The maximum atomic E-state index is 6.47. The number of furan rings is 1. The Balaban J connectivity index is 0.948. The highest BCUT2D eigenvalue weighted by atomic mass is 16.3. The zero-order valence-electron chi connectivity index (χ0n) is 37.8. The maximum Gasteiger partial charge on any atom is 0.143 e. The monoisotopic (exact) mass is 879 g/mol. The second-order valence-electron chi connectivity index (χ2n) is 18.0. The van der Waals surface area contributed by atoms with Gasteiger partial charge in [-0.3, -0.25) is 0 Å². The Bertz CT molecular complexity index is 3800. The van der Waals surface area contributed by atoms with Crippen molar-refractivity contribution in [3.05, 3.63) is 295 Å². The Morgan fingerprint density at radius 3 is 1.43 bits per heavy atom. The van der Waals surface area contributed by atoms with E-state index in [1.807, 2.05) is 12.1 Å². The van der Waals surface area contributed by atoms with Crippen molar-refractivity contribution in [3.8, 4) is 55.6 Å². The first-order valence-electron chi connectivity index (χ1n) is 23.7. The van der Waals surface area contributed by atoms with Crippen molar-refractivity contribution in [3.63, 3.8) is 0 Å². The average molecular weight is 880 g/mol. The number of benzene rings is 11. The molecule has 0 amide bonds. The third-order valence-corrected chi connectivity index (χ3v) is 14.2. The van der Waals surface area contributed by atoms with Crippen molar-refractivity contribution in [1.82, 2.24) is 0 Å². The highest BCUT2D eigenvalue weighted by Crippen LogP contribution is 2.59. The van der Waals surface area contributed by atoms with Gasteiger partial charge in [0.05, 0.1) is 5.41 Å². The van der Waals surface area contributed by atoms with Crippen LogP contribution in [0.15, 0.2) is 277 Å². The predicted molar refractivity (Wildman–Crippen MR) is 287 cm³/mol. The second kappa shape index (κ2) is 16.7. The van der Waals surface area contributed by atoms with E-state index in [1.165, 1.54) is 61.2 Å². The molecule has 11 aromatic carbocycles. The molecule has 0 aliphatic heterocycles. The fourth-order valence-electron chi connectivity index (χ4n) is 11.1. The van der Waals surface area contributed by atoms with Gasteiger partial charge in [0.1, 0.15) is 11.2 Å². The Labute approximate surface area is 402 Å². The molecule has 69 heavy (non-hydrogen) atoms. The van der Waals surface area contributed by atoms with Gasteiger partial charge >= 0.3 is 0 Å². The van der Waals surface area contributed by atoms with Gasteiger partial charge in [-0.25, -0.2) is 0 Å². The van der Waals surface area contributed by atoms with E-state index in [9.17, 15) is 0 Å². The number of nitrogens with zero attached hydrogens (tertiary/aromatic N) is 1. The Hall–Kier alpha value is -8.98. The summed E-state index contributed by atoms with van der Waals surface area (Å²) in [4.78, 5) is 2.36. The van der Waals surface area contributed by atoms with Crippen molar-refractivity contribution in [1.29, 1.82) is 0 Å². The van der Waals surface area contributed by atoms with Crippen LogP contribution in [-0.2, 0) is 5.41 Å². The Morgan fingerprint density at radius 2 is 0.739 bits per heavy atom. The van der Waals surface area contributed by atoms with Crippen molar-refractivity contribution >= 4 is 39.0 Å². The van der Waals surface area contributed by atoms with E-state index in [-0.39, 0.29) is 0 Å². The van der Waals surface area contributed by atoms with Crippen LogP contribution >= 0.6 is 0 Å². The summed E-state index contributed by atoms with van der Waals surface area (Å²) in [5.41, 5.74) is 21.4. The van der Waals surface area contributed by atoms with Crippen LogP contribution in [0.25, 0.3) is 77.6 Å². The van der Waals surface area contributed by atoms with E-state index in [0.29, 0.717) is 0 Å². The molecule has 1 aliphatic carbocycles. The molecule has 12 aromatic rings. The lowest BCUT2D eigenvalue weighted by atomic mass is 9.66. The summed E-state index contributed by atoms with van der Waals surface area (Å²) >= 11 is 0. The molecule has 0 saturated carbocycles. The Kier molecular flexibility index (Phi) is 9.77. The van der Waals surface area contributed by atoms with Crippen LogP contribution in [0, 0.1) is 0 Å². The summed E-state index contributed by atoms with van der Waals surface area (Å²) in [7, 11) is 0. The number of hydrogen-bond acceptors (Lipinski definition) is 2. The quantitative estimate of drug-likeness (QED) is 0.144. The van der Waals surface area contributed by atoms with E-state index in [0.717, 1.165) is 55.7 Å². The summed E-state index contributed by atoms with van der Waals surface area (Å²) in [6.07, 6.45) is 0. The molecule has 1 heterocycles. The third kappa shape index (κ3) is 6.72. The first kappa shape index (κ1) is 40.3. The van der Waals surface area contributed by atoms with E-state index < -0.39 is 5.41 Å². The van der Waals surface area contributed by atoms with Crippen LogP contribution in [0.2, 0.25) is 0 Å². The third-order valence-electron chi connectivity index (χ3n) is 14.2. The minimum Gasteiger partial charge on any atom is -0.455 e. The van der Waals surface area contributed by atoms with Crippen LogP contribution < -0.4 is 4.90 Å². The molecule has 0 fully saturated rings. The first-order chi connectivity index (χ1) is 34.2. The van der Waals surface area contributed by atoms with Crippen molar-refractivity contribution in [2.24, 2.45) is 0 Å². The zero-order chi connectivity index (χ0) is 45.7. The topological polar surface area (TPSA) is 16.4 Å². The molecule has 0 saturated heterocycles. The number of anilines is 3. The molecule has 0 N–H and O–H groups in total. The van der Waals surface area contributed by atoms with Gasteiger partial charge in [0, 0.05) is 33.4 Å². The lowest BCUT2D eigenvalue weighted by molar-refractivity contribution is 0.670. The number of fused-ring (bicyclic) bond motifs is 6. The summed E-state index contributed by atoms with van der Waals surface area (Å²) in [5, 5.41) is 2.26. The fraction of sp³-hybridized carbons (Fsp3) is 0.0149. The molecule has 2 nitrogen and oxygen atoms in total. The summed E-state index contributed by atoms with van der Waals surface area (Å²) in [5.74, 6) is 0. The van der Waals surface area contributed by atoms with Gasteiger partial charge in [0.2, 0.25) is 0 Å². The summed E-state index contributed by atoms with van der Waals surface area (Å²) < 4.78 is 6.47. The van der Waals surface area contributed by atoms with Crippen molar-refractivity contribution < 1.29 is 4.42 Å². The van der Waals surface area contributed by atoms with Gasteiger partial charge in [-0.05, 0) is 121 Å². The molecular weight excluding hydrogens is 835 g/mol. The molecule has 0 spiro atoms.